The highest BCUT2D eigenvalue weighted by molar-refractivity contribution is 6.08. The van der Waals surface area contributed by atoms with Crippen LogP contribution in [-0.4, -0.2) is 80.1 Å². The molecule has 2 saturated heterocycles. The fraction of sp³-hybridized carbons (Fsp3) is 0.517. The van der Waals surface area contributed by atoms with Crippen LogP contribution in [0.1, 0.15) is 50.0 Å². The zero-order chi connectivity index (χ0) is 32.1. The van der Waals surface area contributed by atoms with Gasteiger partial charge in [-0.2, -0.15) is 0 Å². The van der Waals surface area contributed by atoms with Gasteiger partial charge in [0.15, 0.2) is 0 Å². The molecule has 6 atom stereocenters. The molecular weight excluding hydrogens is 593 g/mol. The summed E-state index contributed by atoms with van der Waals surface area (Å²) in [5.74, 6) is -11.7. The van der Waals surface area contributed by atoms with E-state index in [4.69, 9.17) is 10.2 Å². The van der Waals surface area contributed by atoms with Crippen LogP contribution >= 0.6 is 0 Å². The zero-order valence-corrected chi connectivity index (χ0v) is 23.2. The molecule has 1 saturated carbocycles. The maximum Gasteiger partial charge on any atom is 0.573 e. The first-order valence-electron chi connectivity index (χ1n) is 14.1. The van der Waals surface area contributed by atoms with Crippen molar-refractivity contribution in [2.75, 3.05) is 13.1 Å². The van der Waals surface area contributed by atoms with E-state index in [2.05, 4.69) is 4.74 Å². The third-order valence-electron chi connectivity index (χ3n) is 8.94. The molecular formula is C29H29F3N2O10. The number of amides is 4. The highest BCUT2D eigenvalue weighted by Gasteiger charge is 2.62. The lowest BCUT2D eigenvalue weighted by Crippen LogP contribution is -2.43. The number of alkyl halides is 3. The maximum absolute atomic E-state index is 13.7. The molecule has 1 aromatic rings. The number of hydrogen-bond acceptors (Lipinski definition) is 8. The molecule has 0 radical (unpaired) electrons. The molecule has 15 heteroatoms. The standard InChI is InChI=1S/C29H29F3N2O10/c30-29(31,32)44-13-5-8-19(35)17(11-13)22-14-6-7-15-23(27(42)33(25(15)40)9-1-3-20(36)37)16(14)12-18-24(22)28(43)34(26(18)41)10-2-4-21(38)39/h5-6,8,11,15-16,18,22-24,35H,1-4,7,9-10,12H2,(H,36,37)(H,38,39)/t15-,16+,18+,22+,23-,24+/m0/s1. The highest BCUT2D eigenvalue weighted by atomic mass is 19.4. The minimum absolute atomic E-state index is 0.0304. The molecule has 0 unspecified atom stereocenters. The Morgan fingerprint density at radius 1 is 0.841 bits per heavy atom. The quantitative estimate of drug-likeness (QED) is 0.260. The number of fused-ring (bicyclic) bond motifs is 4. The van der Waals surface area contributed by atoms with E-state index in [1.54, 1.807) is 6.08 Å². The zero-order valence-electron chi connectivity index (χ0n) is 23.2. The molecule has 44 heavy (non-hydrogen) atoms. The van der Waals surface area contributed by atoms with Gasteiger partial charge in [-0.05, 0) is 49.8 Å². The molecule has 0 aromatic heterocycles. The minimum Gasteiger partial charge on any atom is -0.508 e. The van der Waals surface area contributed by atoms with Gasteiger partial charge in [-0.1, -0.05) is 11.6 Å². The fourth-order valence-corrected chi connectivity index (χ4v) is 7.26. The van der Waals surface area contributed by atoms with Gasteiger partial charge < -0.3 is 20.1 Å². The van der Waals surface area contributed by atoms with Gasteiger partial charge in [0.25, 0.3) is 0 Å². The summed E-state index contributed by atoms with van der Waals surface area (Å²) in [4.78, 5) is 78.2. The molecule has 0 bridgehead atoms. The van der Waals surface area contributed by atoms with Crippen molar-refractivity contribution in [2.45, 2.75) is 50.8 Å². The van der Waals surface area contributed by atoms with Crippen LogP contribution in [0.3, 0.4) is 0 Å². The van der Waals surface area contributed by atoms with Crippen molar-refractivity contribution in [1.82, 2.24) is 9.80 Å². The minimum atomic E-state index is -5.07. The summed E-state index contributed by atoms with van der Waals surface area (Å²) in [5.41, 5.74) is 0.300. The molecule has 3 fully saturated rings. The number of benzene rings is 1. The van der Waals surface area contributed by atoms with Gasteiger partial charge in [0.1, 0.15) is 11.5 Å². The van der Waals surface area contributed by atoms with Crippen LogP contribution in [0.15, 0.2) is 29.8 Å². The van der Waals surface area contributed by atoms with Gasteiger partial charge in [-0.15, -0.1) is 13.2 Å². The number of likely N-dealkylation sites (tertiary alicyclic amines) is 2. The number of phenols is 1. The molecule has 1 aromatic carbocycles. The van der Waals surface area contributed by atoms with Crippen molar-refractivity contribution in [3.8, 4) is 11.5 Å². The number of halogens is 3. The molecule has 0 spiro atoms. The smallest absolute Gasteiger partial charge is 0.508 e. The van der Waals surface area contributed by atoms with Crippen molar-refractivity contribution in [2.24, 2.45) is 29.6 Å². The van der Waals surface area contributed by atoms with E-state index in [9.17, 15) is 47.0 Å². The Kier molecular flexibility index (Phi) is 8.16. The molecule has 4 amide bonds. The van der Waals surface area contributed by atoms with Crippen molar-refractivity contribution in [1.29, 1.82) is 0 Å². The van der Waals surface area contributed by atoms with Crippen molar-refractivity contribution in [3.05, 3.63) is 35.4 Å². The summed E-state index contributed by atoms with van der Waals surface area (Å²) in [6, 6.07) is 2.80. The van der Waals surface area contributed by atoms with Crippen LogP contribution in [0.2, 0.25) is 0 Å². The lowest BCUT2D eigenvalue weighted by molar-refractivity contribution is -0.274. The largest absolute Gasteiger partial charge is 0.573 e. The predicted molar refractivity (Wildman–Crippen MR) is 139 cm³/mol. The molecule has 236 valence electrons. The summed E-state index contributed by atoms with van der Waals surface area (Å²) in [7, 11) is 0. The summed E-state index contributed by atoms with van der Waals surface area (Å²) >= 11 is 0. The van der Waals surface area contributed by atoms with Gasteiger partial charge in [-0.3, -0.25) is 38.6 Å². The van der Waals surface area contributed by atoms with Gasteiger partial charge in [-0.25, -0.2) is 0 Å². The SMILES string of the molecule is O=C(O)CCCN1C(=O)[C@H]2[C@H](CC=C3[C@H]2C[C@H]2C(=O)N(CCCC(=O)O)C(=O)[C@H]2[C@H]3c2cc(OC(F)(F)F)ccc2O)C1=O. The Labute approximate surface area is 248 Å². The van der Waals surface area contributed by atoms with Crippen LogP contribution < -0.4 is 4.74 Å². The Balaban J connectivity index is 1.55. The lowest BCUT2D eigenvalue weighted by Gasteiger charge is -2.44. The van der Waals surface area contributed by atoms with Crippen molar-refractivity contribution < 1.29 is 62.0 Å². The van der Waals surface area contributed by atoms with Gasteiger partial charge in [0.2, 0.25) is 23.6 Å². The molecule has 2 aliphatic heterocycles. The van der Waals surface area contributed by atoms with Gasteiger partial charge in [0.05, 0.1) is 23.7 Å². The Bertz CT molecular complexity index is 1460. The Hall–Kier alpha value is -4.43. The number of aliphatic carboxylic acids is 2. The van der Waals surface area contributed by atoms with E-state index in [-0.39, 0.29) is 57.2 Å². The van der Waals surface area contributed by atoms with E-state index in [1.165, 1.54) is 0 Å². The van der Waals surface area contributed by atoms with Crippen LogP contribution in [0.25, 0.3) is 0 Å². The number of ether oxygens (including phenoxy) is 1. The number of phenolic OH excluding ortho intramolecular Hbond substituents is 1. The molecule has 5 rings (SSSR count). The second kappa shape index (κ2) is 11.6. The number of rotatable bonds is 10. The fourth-order valence-electron chi connectivity index (χ4n) is 7.26. The topological polar surface area (TPSA) is 179 Å². The average molecular weight is 623 g/mol. The second-order valence-corrected chi connectivity index (χ2v) is 11.4. The van der Waals surface area contributed by atoms with Gasteiger partial charge in [0, 0.05) is 37.4 Å². The summed E-state index contributed by atoms with van der Waals surface area (Å²) in [6.45, 7) is -0.335. The van der Waals surface area contributed by atoms with E-state index in [0.29, 0.717) is 5.57 Å². The van der Waals surface area contributed by atoms with Gasteiger partial charge >= 0.3 is 18.3 Å². The summed E-state index contributed by atoms with van der Waals surface area (Å²) in [6.07, 6.45) is -4.00. The lowest BCUT2D eigenvalue weighted by atomic mass is 9.57. The average Bonchev–Trinajstić information content (AvgIpc) is 3.32. The van der Waals surface area contributed by atoms with E-state index in [0.717, 1.165) is 28.0 Å². The first-order chi connectivity index (χ1) is 20.7. The normalized spacial score (nSPS) is 28.0. The Morgan fingerprint density at radius 3 is 1.98 bits per heavy atom. The number of carboxylic acid groups (broad SMARTS) is 2. The van der Waals surface area contributed by atoms with Crippen molar-refractivity contribution >= 4 is 35.6 Å². The number of carbonyl (C=O) groups is 6. The number of nitrogens with zero attached hydrogens (tertiary/aromatic N) is 2. The van der Waals surface area contributed by atoms with E-state index < -0.39 is 88.9 Å². The van der Waals surface area contributed by atoms with Crippen molar-refractivity contribution in [3.63, 3.8) is 0 Å². The van der Waals surface area contributed by atoms with Crippen LogP contribution in [0.4, 0.5) is 13.2 Å². The first-order valence-corrected chi connectivity index (χ1v) is 14.1. The monoisotopic (exact) mass is 622 g/mol. The highest BCUT2D eigenvalue weighted by Crippen LogP contribution is 2.59. The number of carboxylic acids is 2. The maximum atomic E-state index is 13.7. The number of aromatic hydroxyl groups is 1. The molecule has 2 aliphatic carbocycles. The molecule has 4 aliphatic rings. The first kappa shape index (κ1) is 31.0. The third kappa shape index (κ3) is 5.62. The predicted octanol–water partition coefficient (Wildman–Crippen LogP) is 2.66. The summed E-state index contributed by atoms with van der Waals surface area (Å²) < 4.78 is 43.3. The summed E-state index contributed by atoms with van der Waals surface area (Å²) in [5, 5.41) is 28.9. The number of allylic oxidation sites excluding steroid dienone is 2. The number of imide groups is 2. The molecule has 3 N–H and O–H groups in total. The van der Waals surface area contributed by atoms with E-state index in [1.807, 2.05) is 0 Å². The molecule has 2 heterocycles. The third-order valence-corrected chi connectivity index (χ3v) is 8.94. The Morgan fingerprint density at radius 2 is 1.41 bits per heavy atom. The molecule has 12 nitrogen and oxygen atoms in total. The second-order valence-electron chi connectivity index (χ2n) is 11.4. The number of hydrogen-bond donors (Lipinski definition) is 3. The number of carbonyl (C=O) groups excluding carboxylic acids is 4. The van der Waals surface area contributed by atoms with Crippen LogP contribution in [-0.2, 0) is 28.8 Å². The van der Waals surface area contributed by atoms with E-state index >= 15 is 0 Å². The van der Waals surface area contributed by atoms with Crippen LogP contribution in [0.5, 0.6) is 11.5 Å². The van der Waals surface area contributed by atoms with Crippen LogP contribution in [0, 0.1) is 29.6 Å².